The molecule has 0 spiro atoms. The Kier molecular flexibility index (Phi) is 13.9. The molecule has 61 heavy (non-hydrogen) atoms. The molecule has 1 amide bonds. The van der Waals surface area contributed by atoms with E-state index in [1.54, 1.807) is 18.7 Å². The number of thioether (sulfide) groups is 2. The molecule has 23 nitrogen and oxygen atoms in total. The second-order valence-corrected chi connectivity index (χ2v) is 16.0. The van der Waals surface area contributed by atoms with Crippen LogP contribution in [0.3, 0.4) is 0 Å². The standard InChI is InChI=1S/C20H24N4O7S.C16H23N5O7S/c1-6-12-8(2)14(29-11(5)25)18(30-12)24-10(4)32-15-16(24)22-19(21)23-17(15)27-7-13-9(3)28-20(26)31-13;1-4-26-16(25)20(3)6-27-13-11-12(18-15(17)19-13)21(7(2)29-11)14-10(24)9(23)8(5-22)28-14/h8,12,14,18H,4,6-7H2,1-3,5H3,(H2,21,22,23);8-10,14,22-24H,2,4-6H2,1,3H3,(H2,17,18,19)/t8-,12-,14-,18-;8-,9-,10-,14-/m11/s1. The van der Waals surface area contributed by atoms with Crippen LogP contribution in [0.5, 0.6) is 11.8 Å². The monoisotopic (exact) mass is 893 g/mol. The summed E-state index contributed by atoms with van der Waals surface area (Å²) in [6.45, 7) is 16.2. The fourth-order valence-corrected chi connectivity index (χ4v) is 8.63. The number of aromatic nitrogens is 4. The SMILES string of the molecule is C=C1Sc2c(OCN(C)C(=O)OCC)nc(N)nc2N1[C@@H]1O[C@H](CO)[C@@H](O)[C@H]1O.C=C1Sc2c(OCc3oc(=O)oc3C)nc(N)nc2N1[C@@H]1O[C@H](CC)[C@@H](C)[C@H]1OC(C)=O. The number of hydrogen-bond donors (Lipinski definition) is 5. The Morgan fingerprint density at radius 1 is 0.902 bits per heavy atom. The zero-order chi connectivity index (χ0) is 44.4. The van der Waals surface area contributed by atoms with Crippen LogP contribution in [0, 0.1) is 12.8 Å². The van der Waals surface area contributed by atoms with Gasteiger partial charge in [-0.1, -0.05) is 50.5 Å². The molecule has 0 saturated carbocycles. The molecule has 4 aliphatic rings. The van der Waals surface area contributed by atoms with Gasteiger partial charge in [0.1, 0.15) is 28.1 Å². The molecule has 2 saturated heterocycles. The molecule has 7 heterocycles. The third-order valence-corrected chi connectivity index (χ3v) is 11.7. The predicted molar refractivity (Wildman–Crippen MR) is 216 cm³/mol. The van der Waals surface area contributed by atoms with Crippen LogP contribution in [-0.2, 0) is 30.3 Å². The maximum absolute atomic E-state index is 11.8. The number of rotatable bonds is 12. The molecule has 3 aromatic rings. The largest absolute Gasteiger partial charge is 0.519 e. The molecule has 7 rings (SSSR count). The lowest BCUT2D eigenvalue weighted by Crippen LogP contribution is -2.43. The summed E-state index contributed by atoms with van der Waals surface area (Å²) in [6, 6.07) is 0. The number of esters is 1. The van der Waals surface area contributed by atoms with Crippen LogP contribution < -0.4 is 36.6 Å². The summed E-state index contributed by atoms with van der Waals surface area (Å²) in [5.41, 5.74) is 11.8. The second kappa shape index (κ2) is 18.8. The number of carbonyl (C=O) groups is 2. The summed E-state index contributed by atoms with van der Waals surface area (Å²) in [6.07, 6.45) is -5.64. The highest BCUT2D eigenvalue weighted by Crippen LogP contribution is 2.53. The summed E-state index contributed by atoms with van der Waals surface area (Å²) >= 11 is 2.45. The Balaban J connectivity index is 0.000000205. The number of aliphatic hydroxyl groups excluding tert-OH is 3. The van der Waals surface area contributed by atoms with Gasteiger partial charge >= 0.3 is 17.9 Å². The van der Waals surface area contributed by atoms with Crippen LogP contribution in [0.4, 0.5) is 28.3 Å². The van der Waals surface area contributed by atoms with Gasteiger partial charge in [-0.15, -0.1) is 0 Å². The zero-order valence-electron chi connectivity index (χ0n) is 34.0. The third kappa shape index (κ3) is 9.31. The average molecular weight is 894 g/mol. The van der Waals surface area contributed by atoms with Crippen LogP contribution >= 0.6 is 23.5 Å². The maximum Gasteiger partial charge on any atom is 0.519 e. The molecule has 3 aromatic heterocycles. The molecule has 0 aliphatic carbocycles. The number of aryl methyl sites for hydroxylation is 1. The first-order chi connectivity index (χ1) is 29.0. The van der Waals surface area contributed by atoms with Crippen molar-refractivity contribution >= 4 is 59.1 Å². The van der Waals surface area contributed by atoms with Crippen molar-refractivity contribution in [2.24, 2.45) is 5.92 Å². The molecule has 0 bridgehead atoms. The van der Waals surface area contributed by atoms with Crippen molar-refractivity contribution in [2.45, 2.75) is 100 Å². The Bertz CT molecular complexity index is 2210. The van der Waals surface area contributed by atoms with E-state index in [2.05, 4.69) is 33.1 Å². The van der Waals surface area contributed by atoms with Crippen LogP contribution in [-0.4, -0.2) is 122 Å². The minimum Gasteiger partial charge on any atom is -0.468 e. The molecule has 2 fully saturated rings. The van der Waals surface area contributed by atoms with Gasteiger partial charge in [-0.05, 0) is 20.3 Å². The van der Waals surface area contributed by atoms with Gasteiger partial charge in [-0.3, -0.25) is 19.5 Å². The van der Waals surface area contributed by atoms with Gasteiger partial charge in [0.2, 0.25) is 23.7 Å². The Morgan fingerprint density at radius 3 is 1.98 bits per heavy atom. The van der Waals surface area contributed by atoms with E-state index >= 15 is 0 Å². The number of nitrogens with two attached hydrogens (primary N) is 2. The van der Waals surface area contributed by atoms with Gasteiger partial charge in [0.25, 0.3) is 0 Å². The molecular weight excluding hydrogens is 847 g/mol. The molecule has 0 radical (unpaired) electrons. The van der Waals surface area contributed by atoms with Gasteiger partial charge in [0, 0.05) is 19.9 Å². The molecule has 0 unspecified atom stereocenters. The first kappa shape index (κ1) is 45.2. The van der Waals surface area contributed by atoms with Crippen molar-refractivity contribution in [2.75, 3.05) is 48.3 Å². The quantitative estimate of drug-likeness (QED) is 0.128. The van der Waals surface area contributed by atoms with E-state index < -0.39 is 61.4 Å². The summed E-state index contributed by atoms with van der Waals surface area (Å²) in [5, 5.41) is 30.7. The smallest absolute Gasteiger partial charge is 0.468 e. The van der Waals surface area contributed by atoms with Gasteiger partial charge in [0.15, 0.2) is 55.1 Å². The molecule has 332 valence electrons. The fraction of sp³-hybridized carbons (Fsp3) is 0.528. The Labute approximate surface area is 357 Å². The van der Waals surface area contributed by atoms with E-state index in [1.807, 2.05) is 13.8 Å². The fourth-order valence-electron chi connectivity index (χ4n) is 6.73. The summed E-state index contributed by atoms with van der Waals surface area (Å²) in [5.74, 6) is 0.230. The van der Waals surface area contributed by atoms with Crippen molar-refractivity contribution in [3.8, 4) is 11.8 Å². The van der Waals surface area contributed by atoms with Crippen molar-refractivity contribution in [1.82, 2.24) is 24.8 Å². The number of nitrogens with zero attached hydrogens (tertiary/aromatic N) is 7. The normalized spacial score (nSPS) is 25.2. The minimum atomic E-state index is -1.31. The van der Waals surface area contributed by atoms with Gasteiger partial charge in [-0.25, -0.2) is 9.59 Å². The van der Waals surface area contributed by atoms with E-state index in [4.69, 9.17) is 48.7 Å². The Morgan fingerprint density at radius 2 is 1.48 bits per heavy atom. The lowest BCUT2D eigenvalue weighted by atomic mass is 9.98. The van der Waals surface area contributed by atoms with E-state index in [9.17, 15) is 29.7 Å². The summed E-state index contributed by atoms with van der Waals surface area (Å²) in [4.78, 5) is 57.0. The third-order valence-electron chi connectivity index (χ3n) is 9.68. The molecule has 0 aromatic carbocycles. The number of hydrogen-bond acceptors (Lipinski definition) is 24. The molecule has 8 atom stereocenters. The maximum atomic E-state index is 11.8. The van der Waals surface area contributed by atoms with Crippen LogP contribution in [0.1, 0.15) is 45.6 Å². The molecule has 4 aliphatic heterocycles. The minimum absolute atomic E-state index is 0.0217. The number of aliphatic hydroxyl groups is 3. The predicted octanol–water partition coefficient (Wildman–Crippen LogP) is 1.88. The lowest BCUT2D eigenvalue weighted by molar-refractivity contribution is -0.150. The highest BCUT2D eigenvalue weighted by Gasteiger charge is 2.51. The number of carbonyl (C=O) groups excluding carboxylic acids is 2. The second-order valence-electron chi connectivity index (χ2n) is 13.8. The molecule has 7 N–H and O–H groups in total. The Hall–Kier alpha value is -5.31. The van der Waals surface area contributed by atoms with Crippen LogP contribution in [0.25, 0.3) is 0 Å². The van der Waals surface area contributed by atoms with E-state index in [0.717, 1.165) is 18.2 Å². The number of fused-ring (bicyclic) bond motifs is 2. The van der Waals surface area contributed by atoms with Crippen molar-refractivity contribution in [3.05, 3.63) is 45.4 Å². The van der Waals surface area contributed by atoms with Crippen molar-refractivity contribution < 1.29 is 62.2 Å². The van der Waals surface area contributed by atoms with Gasteiger partial charge in [-0.2, -0.15) is 19.9 Å². The van der Waals surface area contributed by atoms with E-state index in [1.165, 1.54) is 35.5 Å². The summed E-state index contributed by atoms with van der Waals surface area (Å²) in [7, 11) is 1.50. The van der Waals surface area contributed by atoms with Gasteiger partial charge in [0.05, 0.1) is 29.4 Å². The molecule has 25 heteroatoms. The van der Waals surface area contributed by atoms with E-state index in [0.29, 0.717) is 31.4 Å². The highest BCUT2D eigenvalue weighted by atomic mass is 32.2. The first-order valence-electron chi connectivity index (χ1n) is 18.8. The summed E-state index contributed by atoms with van der Waals surface area (Å²) < 4.78 is 43.5. The number of ether oxygens (including phenoxy) is 6. The number of amides is 1. The van der Waals surface area contributed by atoms with Crippen LogP contribution in [0.2, 0.25) is 0 Å². The topological polar surface area (TPSA) is 307 Å². The average Bonchev–Trinajstić information content (AvgIpc) is 3.97. The zero-order valence-corrected chi connectivity index (χ0v) is 35.6. The first-order valence-corrected chi connectivity index (χ1v) is 20.5. The van der Waals surface area contributed by atoms with Crippen molar-refractivity contribution in [1.29, 1.82) is 0 Å². The lowest BCUT2D eigenvalue weighted by Gasteiger charge is -2.30. The number of nitrogen functional groups attached to an aromatic ring is 2. The van der Waals surface area contributed by atoms with Crippen molar-refractivity contribution in [3.63, 3.8) is 0 Å². The molecular formula is C36H47N9O14S2. The van der Waals surface area contributed by atoms with Gasteiger partial charge < -0.3 is 64.0 Å². The highest BCUT2D eigenvalue weighted by molar-refractivity contribution is 8.04. The van der Waals surface area contributed by atoms with E-state index in [-0.39, 0.29) is 67.2 Å². The number of anilines is 4. The van der Waals surface area contributed by atoms with Crippen LogP contribution in [0.15, 0.2) is 46.6 Å².